The van der Waals surface area contributed by atoms with Gasteiger partial charge in [0.15, 0.2) is 6.10 Å². The third kappa shape index (κ3) is 59.0. The molecule has 0 saturated heterocycles. The van der Waals surface area contributed by atoms with Gasteiger partial charge in [0.25, 0.3) is 0 Å². The Hall–Kier alpha value is -3.60. The molecular weight excluding hydrogens is 1020 g/mol. The summed E-state index contributed by atoms with van der Waals surface area (Å²) in [4.78, 5) is 48.8. The van der Waals surface area contributed by atoms with E-state index in [0.717, 1.165) is 122 Å². The molecule has 0 fully saturated rings. The number of phosphoric ester groups is 1. The highest BCUT2D eigenvalue weighted by atomic mass is 31.2. The van der Waals surface area contributed by atoms with Gasteiger partial charge < -0.3 is 24.2 Å². The molecule has 0 aliphatic rings. The van der Waals surface area contributed by atoms with Crippen LogP contribution >= 0.6 is 7.82 Å². The first-order valence-electron chi connectivity index (χ1n) is 32.1. The van der Waals surface area contributed by atoms with E-state index >= 15 is 0 Å². The maximum Gasteiger partial charge on any atom is 0.472 e. The second-order valence-electron chi connectivity index (χ2n) is 21.2. The normalized spacial score (nSPS) is 13.9. The molecule has 12 heteroatoms. The molecule has 0 aliphatic carbocycles. The van der Waals surface area contributed by atoms with E-state index in [2.05, 4.69) is 118 Å². The van der Waals surface area contributed by atoms with E-state index in [1.54, 1.807) is 0 Å². The minimum atomic E-state index is -4.77. The quantitative estimate of drug-likeness (QED) is 0.0197. The summed E-state index contributed by atoms with van der Waals surface area (Å²) in [5.74, 6) is -1.50. The van der Waals surface area contributed by atoms with Crippen LogP contribution in [0, 0.1) is 0 Å². The van der Waals surface area contributed by atoms with E-state index in [4.69, 9.17) is 23.3 Å². The molecule has 0 saturated carbocycles. The zero-order valence-corrected chi connectivity index (χ0v) is 51.9. The Morgan fingerprint density at radius 3 is 1.01 bits per heavy atom. The van der Waals surface area contributed by atoms with Crippen LogP contribution in [0.5, 0.6) is 0 Å². The highest BCUT2D eigenvalue weighted by molar-refractivity contribution is 7.47. The van der Waals surface area contributed by atoms with Gasteiger partial charge >= 0.3 is 25.7 Å². The van der Waals surface area contributed by atoms with Crippen LogP contribution < -0.4 is 0 Å². The zero-order valence-electron chi connectivity index (χ0n) is 51.0. The van der Waals surface area contributed by atoms with Gasteiger partial charge in [-0.25, -0.2) is 4.57 Å². The lowest BCUT2D eigenvalue weighted by atomic mass is 10.1. The third-order valence-corrected chi connectivity index (χ3v) is 14.4. The van der Waals surface area contributed by atoms with Crippen LogP contribution in [0.25, 0.3) is 0 Å². The average molecular weight is 1140 g/mol. The molecule has 0 heterocycles. The Labute approximate surface area is 489 Å². The molecule has 0 bridgehead atoms. The van der Waals surface area contributed by atoms with Crippen molar-refractivity contribution in [3.05, 3.63) is 97.2 Å². The number of phosphoric acid groups is 1. The lowest BCUT2D eigenvalue weighted by molar-refractivity contribution is -0.161. The fraction of sp³-hybridized carbons (Fsp3) is 0.721. The molecule has 11 nitrogen and oxygen atoms in total. The molecule has 0 rings (SSSR count). The highest BCUT2D eigenvalue weighted by Gasteiger charge is 2.28. The van der Waals surface area contributed by atoms with Gasteiger partial charge in [0.1, 0.15) is 12.7 Å². The number of hydrogen-bond donors (Lipinski definition) is 2. The van der Waals surface area contributed by atoms with Gasteiger partial charge in [0.05, 0.1) is 19.8 Å². The van der Waals surface area contributed by atoms with Crippen molar-refractivity contribution in [3.63, 3.8) is 0 Å². The number of carbonyl (C=O) groups is 3. The van der Waals surface area contributed by atoms with Gasteiger partial charge in [-0.2, -0.15) is 0 Å². The van der Waals surface area contributed by atoms with Crippen LogP contribution in [0.2, 0.25) is 0 Å². The molecule has 460 valence electrons. The molecule has 80 heavy (non-hydrogen) atoms. The summed E-state index contributed by atoms with van der Waals surface area (Å²) >= 11 is 0. The highest BCUT2D eigenvalue weighted by Crippen LogP contribution is 2.43. The van der Waals surface area contributed by atoms with Crippen molar-refractivity contribution >= 4 is 25.7 Å². The number of ether oxygens (including phenoxy) is 3. The number of rotatable bonds is 59. The Morgan fingerprint density at radius 2 is 0.650 bits per heavy atom. The SMILES string of the molecule is CC/C=C\C/C=C\C/C=C\C/C=C\CCCCCCC(=O)OCC(COP(=O)(O)OCC(CO)OC(=O)CCCCCCCCC/C=C\C/C=C\C/C=C\CC)OC(=O)CCCCCCCCCCC/C=C\CCCCCCCC. The Balaban J connectivity index is 4.74. The number of allylic oxidation sites excluding steroid dienone is 16. The van der Waals surface area contributed by atoms with Crippen molar-refractivity contribution in [1.29, 1.82) is 0 Å². The molecule has 2 N–H and O–H groups in total. The summed E-state index contributed by atoms with van der Waals surface area (Å²) in [5, 5.41) is 9.85. The van der Waals surface area contributed by atoms with Crippen molar-refractivity contribution < 1.29 is 52.2 Å². The van der Waals surface area contributed by atoms with Crippen molar-refractivity contribution in [2.24, 2.45) is 0 Å². The van der Waals surface area contributed by atoms with Crippen LogP contribution in [0.4, 0.5) is 0 Å². The topological polar surface area (TPSA) is 155 Å². The molecule has 0 amide bonds. The van der Waals surface area contributed by atoms with Gasteiger partial charge in [-0.05, 0) is 116 Å². The fourth-order valence-electron chi connectivity index (χ4n) is 8.65. The molecule has 0 aromatic carbocycles. The summed E-state index contributed by atoms with van der Waals surface area (Å²) in [7, 11) is -4.77. The van der Waals surface area contributed by atoms with Crippen molar-refractivity contribution in [3.8, 4) is 0 Å². The molecule has 0 aliphatic heterocycles. The largest absolute Gasteiger partial charge is 0.472 e. The minimum absolute atomic E-state index is 0.156. The van der Waals surface area contributed by atoms with Crippen molar-refractivity contribution in [1.82, 2.24) is 0 Å². The monoisotopic (exact) mass is 1140 g/mol. The van der Waals surface area contributed by atoms with Crippen LogP contribution in [-0.4, -0.2) is 66.5 Å². The lowest BCUT2D eigenvalue weighted by Gasteiger charge is -2.21. The van der Waals surface area contributed by atoms with Crippen LogP contribution in [0.1, 0.15) is 278 Å². The van der Waals surface area contributed by atoms with Crippen molar-refractivity contribution in [2.45, 2.75) is 290 Å². The average Bonchev–Trinajstić information content (AvgIpc) is 3.45. The number of unbranched alkanes of at least 4 members (excludes halogenated alkanes) is 26. The second-order valence-corrected chi connectivity index (χ2v) is 22.6. The summed E-state index contributed by atoms with van der Waals surface area (Å²) in [5.41, 5.74) is 0. The Bertz CT molecular complexity index is 1710. The molecule has 0 aromatic heterocycles. The maximum absolute atomic E-state index is 13.0. The first-order valence-corrected chi connectivity index (χ1v) is 33.6. The number of carbonyl (C=O) groups excluding carboxylic acids is 3. The van der Waals surface area contributed by atoms with Crippen LogP contribution in [-0.2, 0) is 42.2 Å². The number of aliphatic hydroxyl groups is 1. The predicted molar refractivity (Wildman–Crippen MR) is 334 cm³/mol. The van der Waals surface area contributed by atoms with E-state index in [0.29, 0.717) is 19.3 Å². The second kappa shape index (κ2) is 61.5. The molecular formula is C68H117O11P. The maximum atomic E-state index is 13.0. The molecule has 3 atom stereocenters. The fourth-order valence-corrected chi connectivity index (χ4v) is 9.44. The molecule has 0 spiro atoms. The molecule has 0 radical (unpaired) electrons. The Kier molecular flexibility index (Phi) is 58.7. The van der Waals surface area contributed by atoms with Gasteiger partial charge in [0.2, 0.25) is 0 Å². The van der Waals surface area contributed by atoms with Gasteiger partial charge in [-0.15, -0.1) is 0 Å². The van der Waals surface area contributed by atoms with E-state index in [-0.39, 0.29) is 25.9 Å². The first kappa shape index (κ1) is 76.4. The van der Waals surface area contributed by atoms with Crippen molar-refractivity contribution in [2.75, 3.05) is 26.4 Å². The lowest BCUT2D eigenvalue weighted by Crippen LogP contribution is -2.30. The zero-order chi connectivity index (χ0) is 58.3. The summed E-state index contributed by atoms with van der Waals surface area (Å²) in [6.07, 6.45) is 73.5. The summed E-state index contributed by atoms with van der Waals surface area (Å²) in [6.45, 7) is 4.41. The van der Waals surface area contributed by atoms with Crippen LogP contribution in [0.15, 0.2) is 97.2 Å². The molecule has 0 aromatic rings. The van der Waals surface area contributed by atoms with Gasteiger partial charge in [-0.1, -0.05) is 240 Å². The van der Waals surface area contributed by atoms with E-state index < -0.39 is 57.8 Å². The van der Waals surface area contributed by atoms with Gasteiger partial charge in [-0.3, -0.25) is 23.4 Å². The Morgan fingerprint density at radius 1 is 0.362 bits per heavy atom. The first-order chi connectivity index (χ1) is 39.2. The predicted octanol–water partition coefficient (Wildman–Crippen LogP) is 19.6. The van der Waals surface area contributed by atoms with Crippen LogP contribution in [0.3, 0.4) is 0 Å². The van der Waals surface area contributed by atoms with Gasteiger partial charge in [0, 0.05) is 19.3 Å². The minimum Gasteiger partial charge on any atom is -0.462 e. The summed E-state index contributed by atoms with van der Waals surface area (Å²) in [6, 6.07) is 0. The van der Waals surface area contributed by atoms with E-state index in [1.807, 2.05) is 0 Å². The van der Waals surface area contributed by atoms with E-state index in [1.165, 1.54) is 96.3 Å². The van der Waals surface area contributed by atoms with E-state index in [9.17, 15) is 28.9 Å². The standard InChI is InChI=1S/C68H117O11P/c1-4-7-10-13-16-19-22-25-28-31-32-35-38-41-44-47-50-53-56-59-68(72)79-65(61-75-66(70)57-54-51-48-45-42-39-36-33-29-26-23-20-17-14-11-8-5-2)63-77-80(73,74)76-62-64(60-69)78-67(71)58-55-52-49-46-43-40-37-34-30-27-24-21-18-15-12-9-6-3/h8-9,11-12,17-18,20-21,25-30,36,39,64-65,69H,4-7,10,13-16,19,22-24,31-35,37-38,40-63H2,1-3H3,(H,73,74)/b11-8-,12-9-,20-17-,21-18-,28-25-,29-26-,30-27-,39-36-. The smallest absolute Gasteiger partial charge is 0.462 e. The summed E-state index contributed by atoms with van der Waals surface area (Å²) < 4.78 is 39.7. The number of hydrogen-bond acceptors (Lipinski definition) is 10. The third-order valence-electron chi connectivity index (χ3n) is 13.5. The number of esters is 3. The molecule has 3 unspecified atom stereocenters. The number of aliphatic hydroxyl groups excluding tert-OH is 1.